The number of hydrogen-bond donors (Lipinski definition) is 1. The third kappa shape index (κ3) is 3.06. The molecule has 1 fully saturated rings. The molecule has 0 unspecified atom stereocenters. The molecule has 2 rings (SSSR count). The van der Waals surface area contributed by atoms with Gasteiger partial charge in [-0.25, -0.2) is 13.1 Å². The van der Waals surface area contributed by atoms with Gasteiger partial charge in [0.25, 0.3) is 0 Å². The van der Waals surface area contributed by atoms with Crippen LogP contribution < -0.4 is 4.72 Å². The van der Waals surface area contributed by atoms with Crippen LogP contribution in [0.1, 0.15) is 18.9 Å². The molecule has 1 heterocycles. The highest BCUT2D eigenvalue weighted by Crippen LogP contribution is 2.19. The number of nitrogens with one attached hydrogen (secondary N) is 1. The number of epoxide rings is 1. The molecular weight excluding hydrogens is 238 g/mol. The molecule has 1 aliphatic rings. The molecule has 1 N–H and O–H groups in total. The molecule has 0 saturated carbocycles. The molecule has 4 nitrogen and oxygen atoms in total. The Balaban J connectivity index is 2.15. The molecule has 0 aliphatic carbocycles. The fourth-order valence-electron chi connectivity index (χ4n) is 1.69. The van der Waals surface area contributed by atoms with Gasteiger partial charge >= 0.3 is 0 Å². The molecule has 17 heavy (non-hydrogen) atoms. The molecule has 1 aromatic carbocycles. The number of sulfonamides is 1. The summed E-state index contributed by atoms with van der Waals surface area (Å²) in [6, 6.07) is 6.71. The normalized spacial score (nSPS) is 21.2. The van der Waals surface area contributed by atoms with Crippen molar-refractivity contribution < 1.29 is 13.2 Å². The lowest BCUT2D eigenvalue weighted by atomic mass is 10.2. The summed E-state index contributed by atoms with van der Waals surface area (Å²) >= 11 is 0. The maximum Gasteiger partial charge on any atom is 0.240 e. The van der Waals surface area contributed by atoms with Gasteiger partial charge in [0.1, 0.15) is 0 Å². The molecule has 0 bridgehead atoms. The van der Waals surface area contributed by atoms with E-state index in [4.69, 9.17) is 4.74 Å². The van der Waals surface area contributed by atoms with Crippen molar-refractivity contribution in [3.8, 4) is 0 Å². The maximum atomic E-state index is 12.1. The van der Waals surface area contributed by atoms with Gasteiger partial charge in [0.05, 0.1) is 23.6 Å². The first-order chi connectivity index (χ1) is 8.03. The van der Waals surface area contributed by atoms with Gasteiger partial charge in [0.15, 0.2) is 0 Å². The van der Waals surface area contributed by atoms with E-state index in [1.54, 1.807) is 24.3 Å². The summed E-state index contributed by atoms with van der Waals surface area (Å²) in [5, 5.41) is 0. The highest BCUT2D eigenvalue weighted by atomic mass is 32.2. The third-order valence-electron chi connectivity index (χ3n) is 2.89. The Morgan fingerprint density at radius 3 is 2.47 bits per heavy atom. The van der Waals surface area contributed by atoms with Gasteiger partial charge in [-0.1, -0.05) is 24.6 Å². The molecule has 0 amide bonds. The minimum absolute atomic E-state index is 0.0419. The van der Waals surface area contributed by atoms with Gasteiger partial charge in [-0.15, -0.1) is 0 Å². The van der Waals surface area contributed by atoms with Gasteiger partial charge in [0, 0.05) is 0 Å². The van der Waals surface area contributed by atoms with Crippen LogP contribution in [0.25, 0.3) is 0 Å². The van der Waals surface area contributed by atoms with Crippen LogP contribution in [0.4, 0.5) is 0 Å². The molecule has 5 heteroatoms. The second-order valence-corrected chi connectivity index (χ2v) is 6.03. The Morgan fingerprint density at radius 2 is 2.00 bits per heavy atom. The van der Waals surface area contributed by atoms with Crippen LogP contribution in [0.5, 0.6) is 0 Å². The molecule has 2 atom stereocenters. The van der Waals surface area contributed by atoms with E-state index in [1.807, 2.05) is 13.8 Å². The highest BCUT2D eigenvalue weighted by Gasteiger charge is 2.34. The number of aryl methyl sites for hydroxylation is 1. The first-order valence-corrected chi connectivity index (χ1v) is 7.22. The second kappa shape index (κ2) is 4.76. The van der Waals surface area contributed by atoms with Crippen molar-refractivity contribution in [2.24, 2.45) is 0 Å². The summed E-state index contributed by atoms with van der Waals surface area (Å²) in [6.07, 6.45) is 0.774. The zero-order chi connectivity index (χ0) is 12.5. The summed E-state index contributed by atoms with van der Waals surface area (Å²) in [4.78, 5) is 0.308. The second-order valence-electron chi connectivity index (χ2n) is 4.32. The Bertz CT molecular complexity index is 477. The summed E-state index contributed by atoms with van der Waals surface area (Å²) in [7, 11) is -3.42. The molecule has 1 saturated heterocycles. The minimum Gasteiger partial charge on any atom is -0.371 e. The van der Waals surface area contributed by atoms with Gasteiger partial charge in [0.2, 0.25) is 10.0 Å². The smallest absolute Gasteiger partial charge is 0.240 e. The standard InChI is InChI=1S/C12H17NO3S/c1-3-11(12-8-16-12)13-17(14,15)10-6-4-9(2)5-7-10/h4-7,11-13H,3,8H2,1-2H3/t11-,12+/m1/s1. The predicted molar refractivity (Wildman–Crippen MR) is 65.3 cm³/mol. The van der Waals surface area contributed by atoms with E-state index in [-0.39, 0.29) is 12.1 Å². The minimum atomic E-state index is -3.42. The maximum absolute atomic E-state index is 12.1. The summed E-state index contributed by atoms with van der Waals surface area (Å²) in [5.74, 6) is 0. The molecular formula is C12H17NO3S. The number of hydrogen-bond acceptors (Lipinski definition) is 3. The predicted octanol–water partition coefficient (Wildman–Crippen LogP) is 1.45. The lowest BCUT2D eigenvalue weighted by Gasteiger charge is -2.14. The number of ether oxygens (including phenoxy) is 1. The van der Waals surface area contributed by atoms with Crippen LogP contribution in [-0.4, -0.2) is 27.2 Å². The lowest BCUT2D eigenvalue weighted by Crippen LogP contribution is -2.38. The topological polar surface area (TPSA) is 58.7 Å². The van der Waals surface area contributed by atoms with Crippen LogP contribution in [-0.2, 0) is 14.8 Å². The van der Waals surface area contributed by atoms with Crippen molar-refractivity contribution in [1.82, 2.24) is 4.72 Å². The summed E-state index contributed by atoms with van der Waals surface area (Å²) in [6.45, 7) is 4.52. The first kappa shape index (κ1) is 12.5. The van der Waals surface area contributed by atoms with Crippen LogP contribution in [0.2, 0.25) is 0 Å². The molecule has 1 aliphatic heterocycles. The van der Waals surface area contributed by atoms with Gasteiger partial charge in [-0.2, -0.15) is 0 Å². The molecule has 0 spiro atoms. The van der Waals surface area contributed by atoms with E-state index < -0.39 is 10.0 Å². The van der Waals surface area contributed by atoms with Crippen molar-refractivity contribution in [2.75, 3.05) is 6.61 Å². The Morgan fingerprint density at radius 1 is 1.41 bits per heavy atom. The van der Waals surface area contributed by atoms with Crippen molar-refractivity contribution in [3.05, 3.63) is 29.8 Å². The van der Waals surface area contributed by atoms with E-state index in [1.165, 1.54) is 0 Å². The van der Waals surface area contributed by atoms with Gasteiger partial charge in [-0.05, 0) is 25.5 Å². The van der Waals surface area contributed by atoms with E-state index in [9.17, 15) is 8.42 Å². The van der Waals surface area contributed by atoms with E-state index in [0.717, 1.165) is 12.0 Å². The quantitative estimate of drug-likeness (QED) is 0.810. The van der Waals surface area contributed by atoms with Crippen molar-refractivity contribution in [1.29, 1.82) is 0 Å². The molecule has 1 aromatic rings. The fourth-order valence-corrected chi connectivity index (χ4v) is 3.04. The number of rotatable bonds is 5. The Labute approximate surface area is 102 Å². The van der Waals surface area contributed by atoms with Gasteiger partial charge < -0.3 is 4.74 Å². The Kier molecular flexibility index (Phi) is 3.51. The van der Waals surface area contributed by atoms with Crippen molar-refractivity contribution in [2.45, 2.75) is 37.3 Å². The zero-order valence-electron chi connectivity index (χ0n) is 10.0. The van der Waals surface area contributed by atoms with Crippen LogP contribution in [0.3, 0.4) is 0 Å². The number of benzene rings is 1. The van der Waals surface area contributed by atoms with Crippen LogP contribution >= 0.6 is 0 Å². The summed E-state index contributed by atoms with van der Waals surface area (Å²) < 4.78 is 32.0. The van der Waals surface area contributed by atoms with Crippen molar-refractivity contribution in [3.63, 3.8) is 0 Å². The third-order valence-corrected chi connectivity index (χ3v) is 4.39. The average molecular weight is 255 g/mol. The fraction of sp³-hybridized carbons (Fsp3) is 0.500. The molecule has 94 valence electrons. The van der Waals surface area contributed by atoms with Crippen LogP contribution in [0.15, 0.2) is 29.2 Å². The van der Waals surface area contributed by atoms with E-state index in [0.29, 0.717) is 11.5 Å². The van der Waals surface area contributed by atoms with Crippen molar-refractivity contribution >= 4 is 10.0 Å². The van der Waals surface area contributed by atoms with Crippen LogP contribution in [0, 0.1) is 6.92 Å². The Hall–Kier alpha value is -0.910. The summed E-state index contributed by atoms with van der Waals surface area (Å²) in [5.41, 5.74) is 1.04. The van der Waals surface area contributed by atoms with E-state index in [2.05, 4.69) is 4.72 Å². The zero-order valence-corrected chi connectivity index (χ0v) is 10.8. The first-order valence-electron chi connectivity index (χ1n) is 5.73. The average Bonchev–Trinajstić information content (AvgIpc) is 3.10. The SMILES string of the molecule is CC[C@@H](NS(=O)(=O)c1ccc(C)cc1)[C@@H]1CO1. The molecule has 0 aromatic heterocycles. The monoisotopic (exact) mass is 255 g/mol. The van der Waals surface area contributed by atoms with Gasteiger partial charge in [-0.3, -0.25) is 0 Å². The molecule has 0 radical (unpaired) electrons. The van der Waals surface area contributed by atoms with E-state index >= 15 is 0 Å². The highest BCUT2D eigenvalue weighted by molar-refractivity contribution is 7.89. The largest absolute Gasteiger partial charge is 0.371 e. The lowest BCUT2D eigenvalue weighted by molar-refractivity contribution is 0.356.